The number of benzene rings is 2. The smallest absolute Gasteiger partial charge is 0.270 e. The van der Waals surface area contributed by atoms with Gasteiger partial charge in [0.15, 0.2) is 0 Å². The van der Waals surface area contributed by atoms with Gasteiger partial charge in [-0.15, -0.1) is 0 Å². The molecule has 4 nitrogen and oxygen atoms in total. The Kier molecular flexibility index (Phi) is 5.91. The second kappa shape index (κ2) is 8.35. The van der Waals surface area contributed by atoms with Crippen LogP contribution in [0.4, 0.5) is 4.39 Å². The van der Waals surface area contributed by atoms with E-state index in [1.807, 2.05) is 18.2 Å². The number of rotatable bonds is 6. The molecule has 2 aromatic carbocycles. The highest BCUT2D eigenvalue weighted by atomic mass is 35.5. The summed E-state index contributed by atoms with van der Waals surface area (Å²) < 4.78 is 14.8. The van der Waals surface area contributed by atoms with Gasteiger partial charge in [0, 0.05) is 12.1 Å². The molecular weight excluding hydrogens is 365 g/mol. The summed E-state index contributed by atoms with van der Waals surface area (Å²) in [6, 6.07) is 14.9. The fraction of sp³-hybridized carbons (Fsp3) is 0.238. The molecule has 0 spiro atoms. The molecule has 0 saturated heterocycles. The Morgan fingerprint density at radius 1 is 1.19 bits per heavy atom. The molecule has 3 rings (SSSR count). The maximum absolute atomic E-state index is 13.3. The van der Waals surface area contributed by atoms with E-state index in [1.54, 1.807) is 24.3 Å². The summed E-state index contributed by atoms with van der Waals surface area (Å²) in [5, 5.41) is 8.03. The first-order chi connectivity index (χ1) is 13.0. The van der Waals surface area contributed by atoms with Gasteiger partial charge in [0.1, 0.15) is 11.5 Å². The van der Waals surface area contributed by atoms with Crippen molar-refractivity contribution in [3.05, 3.63) is 71.1 Å². The van der Waals surface area contributed by atoms with Gasteiger partial charge in [-0.1, -0.05) is 43.6 Å². The topological polar surface area (TPSA) is 46.9 Å². The molecule has 3 aromatic rings. The molecule has 0 unspecified atom stereocenters. The Balaban J connectivity index is 2.00. The lowest BCUT2D eigenvalue weighted by Gasteiger charge is -2.09. The van der Waals surface area contributed by atoms with Gasteiger partial charge in [0.25, 0.3) is 5.91 Å². The molecule has 6 heteroatoms. The number of carbonyl (C=O) groups excluding carboxylic acids is 1. The maximum atomic E-state index is 13.3. The Labute approximate surface area is 163 Å². The number of amides is 1. The normalized spacial score (nSPS) is 11.0. The van der Waals surface area contributed by atoms with Crippen LogP contribution >= 0.6 is 11.6 Å². The summed E-state index contributed by atoms with van der Waals surface area (Å²) in [5.74, 6) is -0.0862. The molecule has 0 aliphatic rings. The van der Waals surface area contributed by atoms with Crippen LogP contribution in [-0.4, -0.2) is 22.2 Å². The van der Waals surface area contributed by atoms with Crippen molar-refractivity contribution in [2.75, 3.05) is 6.54 Å². The highest BCUT2D eigenvalue weighted by Gasteiger charge is 2.18. The summed E-state index contributed by atoms with van der Waals surface area (Å²) in [6.07, 6.45) is 0.883. The van der Waals surface area contributed by atoms with Gasteiger partial charge in [-0.3, -0.25) is 4.79 Å². The van der Waals surface area contributed by atoms with Crippen LogP contribution in [-0.2, 0) is 0 Å². The maximum Gasteiger partial charge on any atom is 0.270 e. The molecule has 0 atom stereocenters. The quantitative estimate of drug-likeness (QED) is 0.641. The summed E-state index contributed by atoms with van der Waals surface area (Å²) in [6.45, 7) is 4.78. The van der Waals surface area contributed by atoms with E-state index in [4.69, 9.17) is 11.6 Å². The Morgan fingerprint density at radius 3 is 2.56 bits per heavy atom. The number of aromatic nitrogens is 2. The third-order valence-corrected chi connectivity index (χ3v) is 4.50. The van der Waals surface area contributed by atoms with Gasteiger partial charge in [0.2, 0.25) is 0 Å². The zero-order chi connectivity index (χ0) is 19.4. The first-order valence-corrected chi connectivity index (χ1v) is 9.22. The van der Waals surface area contributed by atoms with E-state index in [0.717, 1.165) is 12.0 Å². The lowest BCUT2D eigenvalue weighted by molar-refractivity contribution is 0.0944. The van der Waals surface area contributed by atoms with Crippen molar-refractivity contribution in [3.63, 3.8) is 0 Å². The minimum Gasteiger partial charge on any atom is -0.351 e. The second-order valence-electron chi connectivity index (χ2n) is 6.72. The number of halogens is 2. The summed E-state index contributed by atoms with van der Waals surface area (Å²) in [5.41, 5.74) is 2.29. The van der Waals surface area contributed by atoms with E-state index in [1.165, 1.54) is 16.8 Å². The van der Waals surface area contributed by atoms with Crippen LogP contribution < -0.4 is 5.32 Å². The number of hydrogen-bond acceptors (Lipinski definition) is 2. The number of hydrogen-bond donors (Lipinski definition) is 1. The molecular formula is C21H21ClFN3O. The molecule has 0 fully saturated rings. The standard InChI is InChI=1S/C21H21ClFN3O/c1-14(2)11-12-24-21(27)20-13-19(17-5-3-4-6-18(17)22)25-26(20)16-9-7-15(23)8-10-16/h3-10,13-14H,11-12H2,1-2H3,(H,24,27). The first-order valence-electron chi connectivity index (χ1n) is 8.85. The Morgan fingerprint density at radius 2 is 1.89 bits per heavy atom. The van der Waals surface area contributed by atoms with E-state index in [2.05, 4.69) is 24.3 Å². The predicted molar refractivity (Wildman–Crippen MR) is 106 cm³/mol. The SMILES string of the molecule is CC(C)CCNC(=O)c1cc(-c2ccccc2Cl)nn1-c1ccc(F)cc1. The molecule has 140 valence electrons. The summed E-state index contributed by atoms with van der Waals surface area (Å²) >= 11 is 6.29. The van der Waals surface area contributed by atoms with Gasteiger partial charge in [0.05, 0.1) is 16.4 Å². The van der Waals surface area contributed by atoms with Crippen LogP contribution in [0.1, 0.15) is 30.8 Å². The van der Waals surface area contributed by atoms with Crippen molar-refractivity contribution in [2.45, 2.75) is 20.3 Å². The molecule has 0 radical (unpaired) electrons. The molecule has 0 aliphatic heterocycles. The van der Waals surface area contributed by atoms with E-state index < -0.39 is 0 Å². The van der Waals surface area contributed by atoms with Gasteiger partial charge >= 0.3 is 0 Å². The molecule has 1 heterocycles. The van der Waals surface area contributed by atoms with E-state index in [9.17, 15) is 9.18 Å². The highest BCUT2D eigenvalue weighted by molar-refractivity contribution is 6.33. The molecule has 1 N–H and O–H groups in total. The van der Waals surface area contributed by atoms with Crippen LogP contribution in [0.25, 0.3) is 16.9 Å². The minimum atomic E-state index is -0.347. The van der Waals surface area contributed by atoms with Crippen molar-refractivity contribution in [2.24, 2.45) is 5.92 Å². The number of nitrogens with one attached hydrogen (secondary N) is 1. The van der Waals surface area contributed by atoms with Crippen LogP contribution in [0.2, 0.25) is 5.02 Å². The van der Waals surface area contributed by atoms with Crippen molar-refractivity contribution >= 4 is 17.5 Å². The second-order valence-corrected chi connectivity index (χ2v) is 7.13. The third kappa shape index (κ3) is 4.55. The number of carbonyl (C=O) groups is 1. The Hall–Kier alpha value is -2.66. The van der Waals surface area contributed by atoms with E-state index in [0.29, 0.717) is 34.6 Å². The average Bonchev–Trinajstić information content (AvgIpc) is 3.07. The fourth-order valence-electron chi connectivity index (χ4n) is 2.69. The average molecular weight is 386 g/mol. The molecule has 0 saturated carbocycles. The van der Waals surface area contributed by atoms with Gasteiger partial charge < -0.3 is 5.32 Å². The highest BCUT2D eigenvalue weighted by Crippen LogP contribution is 2.28. The van der Waals surface area contributed by atoms with Gasteiger partial charge in [-0.2, -0.15) is 5.10 Å². The monoisotopic (exact) mass is 385 g/mol. The van der Waals surface area contributed by atoms with Crippen LogP contribution in [0.3, 0.4) is 0 Å². The van der Waals surface area contributed by atoms with Crippen LogP contribution in [0.15, 0.2) is 54.6 Å². The zero-order valence-electron chi connectivity index (χ0n) is 15.2. The molecule has 1 amide bonds. The molecule has 0 bridgehead atoms. The van der Waals surface area contributed by atoms with Crippen molar-refractivity contribution in [3.8, 4) is 16.9 Å². The van der Waals surface area contributed by atoms with E-state index in [-0.39, 0.29) is 11.7 Å². The van der Waals surface area contributed by atoms with Crippen molar-refractivity contribution in [1.29, 1.82) is 0 Å². The summed E-state index contributed by atoms with van der Waals surface area (Å²) in [4.78, 5) is 12.7. The van der Waals surface area contributed by atoms with E-state index >= 15 is 0 Å². The number of nitrogens with zero attached hydrogens (tertiary/aromatic N) is 2. The zero-order valence-corrected chi connectivity index (χ0v) is 16.0. The predicted octanol–water partition coefficient (Wildman–Crippen LogP) is 5.11. The van der Waals surface area contributed by atoms with Crippen LogP contribution in [0.5, 0.6) is 0 Å². The Bertz CT molecular complexity index is 935. The first kappa shape index (κ1) is 19.1. The third-order valence-electron chi connectivity index (χ3n) is 4.17. The lowest BCUT2D eigenvalue weighted by atomic mass is 10.1. The molecule has 27 heavy (non-hydrogen) atoms. The molecule has 1 aromatic heterocycles. The van der Waals surface area contributed by atoms with Crippen molar-refractivity contribution < 1.29 is 9.18 Å². The van der Waals surface area contributed by atoms with Crippen LogP contribution in [0, 0.1) is 11.7 Å². The lowest BCUT2D eigenvalue weighted by Crippen LogP contribution is -2.27. The van der Waals surface area contributed by atoms with Gasteiger partial charge in [-0.05, 0) is 48.7 Å². The van der Waals surface area contributed by atoms with Crippen molar-refractivity contribution in [1.82, 2.24) is 15.1 Å². The largest absolute Gasteiger partial charge is 0.351 e. The van der Waals surface area contributed by atoms with Gasteiger partial charge in [-0.25, -0.2) is 9.07 Å². The molecule has 0 aliphatic carbocycles. The fourth-order valence-corrected chi connectivity index (χ4v) is 2.92. The summed E-state index contributed by atoms with van der Waals surface area (Å²) in [7, 11) is 0. The minimum absolute atomic E-state index is 0.231.